The van der Waals surface area contributed by atoms with Gasteiger partial charge in [-0.15, -0.1) is 5.10 Å². The van der Waals surface area contributed by atoms with E-state index < -0.39 is 0 Å². The number of aromatic nitrogens is 4. The number of anilines is 1. The molecule has 0 saturated heterocycles. The maximum Gasteiger partial charge on any atom is 0.342 e. The monoisotopic (exact) mass is 278 g/mol. The minimum absolute atomic E-state index is 0.105. The van der Waals surface area contributed by atoms with Crippen LogP contribution in [0.1, 0.15) is 5.56 Å². The van der Waals surface area contributed by atoms with Crippen molar-refractivity contribution in [3.8, 4) is 23.6 Å². The van der Waals surface area contributed by atoms with Gasteiger partial charge in [-0.2, -0.15) is 10.2 Å². The Kier molecular flexibility index (Phi) is 3.19. The third-order valence-electron chi connectivity index (χ3n) is 2.75. The zero-order valence-corrected chi connectivity index (χ0v) is 10.8. The fraction of sp³-hybridized carbons (Fsp3) is 0. The molecule has 0 bridgehead atoms. The van der Waals surface area contributed by atoms with E-state index in [1.165, 1.54) is 18.6 Å². The summed E-state index contributed by atoms with van der Waals surface area (Å²) in [5.41, 5.74) is 7.10. The van der Waals surface area contributed by atoms with E-state index >= 15 is 0 Å². The first-order valence-corrected chi connectivity index (χ1v) is 6.07. The second-order valence-electron chi connectivity index (χ2n) is 4.10. The SMILES string of the molecule is N#Cc1ccnc(Oc2ncn(-c3ccccc3)n2)c1N. The van der Waals surface area contributed by atoms with Gasteiger partial charge in [0.1, 0.15) is 18.1 Å². The third-order valence-corrected chi connectivity index (χ3v) is 2.75. The summed E-state index contributed by atoms with van der Waals surface area (Å²) in [5.74, 6) is 0.111. The molecular formula is C14H10N6O. The Morgan fingerprint density at radius 2 is 1.95 bits per heavy atom. The van der Waals surface area contributed by atoms with E-state index in [1.54, 1.807) is 4.68 Å². The summed E-state index contributed by atoms with van der Waals surface area (Å²) < 4.78 is 6.99. The van der Waals surface area contributed by atoms with Gasteiger partial charge in [-0.05, 0) is 18.2 Å². The molecule has 3 aromatic rings. The van der Waals surface area contributed by atoms with Crippen LogP contribution < -0.4 is 10.5 Å². The molecule has 2 N–H and O–H groups in total. The molecule has 2 heterocycles. The average molecular weight is 278 g/mol. The standard InChI is InChI=1S/C14H10N6O/c15-8-10-6-7-17-13(12(10)16)21-14-18-9-20(19-14)11-4-2-1-3-5-11/h1-7,9H,16H2. The van der Waals surface area contributed by atoms with Gasteiger partial charge in [0.2, 0.25) is 5.88 Å². The average Bonchev–Trinajstić information content (AvgIpc) is 2.99. The summed E-state index contributed by atoms with van der Waals surface area (Å²) in [7, 11) is 0. The molecule has 1 aromatic carbocycles. The Bertz CT molecular complexity index is 806. The molecule has 21 heavy (non-hydrogen) atoms. The Labute approximate surface area is 120 Å². The molecule has 0 aliphatic carbocycles. The molecule has 3 rings (SSSR count). The van der Waals surface area contributed by atoms with E-state index in [1.807, 2.05) is 36.4 Å². The first-order chi connectivity index (χ1) is 10.3. The highest BCUT2D eigenvalue weighted by Crippen LogP contribution is 2.25. The molecule has 0 radical (unpaired) electrons. The summed E-state index contributed by atoms with van der Waals surface area (Å²) in [5, 5.41) is 13.1. The van der Waals surface area contributed by atoms with Gasteiger partial charge in [0.05, 0.1) is 11.3 Å². The van der Waals surface area contributed by atoms with Gasteiger partial charge < -0.3 is 10.5 Å². The van der Waals surface area contributed by atoms with Crippen molar-refractivity contribution in [1.29, 1.82) is 5.26 Å². The highest BCUT2D eigenvalue weighted by atomic mass is 16.5. The van der Waals surface area contributed by atoms with Crippen molar-refractivity contribution in [3.63, 3.8) is 0 Å². The zero-order valence-electron chi connectivity index (χ0n) is 10.8. The second-order valence-corrected chi connectivity index (χ2v) is 4.10. The van der Waals surface area contributed by atoms with Crippen molar-refractivity contribution < 1.29 is 4.74 Å². The minimum Gasteiger partial charge on any atom is -0.402 e. The molecule has 0 fully saturated rings. The van der Waals surface area contributed by atoms with Crippen LogP contribution in [0, 0.1) is 11.3 Å². The van der Waals surface area contributed by atoms with Crippen LogP contribution in [0.15, 0.2) is 48.9 Å². The minimum atomic E-state index is 0.105. The molecule has 0 spiro atoms. The number of benzene rings is 1. The predicted octanol–water partition coefficient (Wildman–Crippen LogP) is 1.91. The fourth-order valence-corrected chi connectivity index (χ4v) is 1.72. The lowest BCUT2D eigenvalue weighted by molar-refractivity contribution is 0.427. The molecule has 0 atom stereocenters. The van der Waals surface area contributed by atoms with Gasteiger partial charge >= 0.3 is 6.01 Å². The van der Waals surface area contributed by atoms with Gasteiger partial charge in [0, 0.05) is 6.20 Å². The van der Waals surface area contributed by atoms with Gasteiger partial charge in [-0.25, -0.2) is 9.67 Å². The first kappa shape index (κ1) is 12.6. The van der Waals surface area contributed by atoms with Gasteiger partial charge in [-0.3, -0.25) is 0 Å². The zero-order chi connectivity index (χ0) is 14.7. The van der Waals surface area contributed by atoms with Crippen molar-refractivity contribution >= 4 is 5.69 Å². The smallest absolute Gasteiger partial charge is 0.342 e. The molecule has 7 nitrogen and oxygen atoms in total. The van der Waals surface area contributed by atoms with Crippen LogP contribution in [0.4, 0.5) is 5.69 Å². The summed E-state index contributed by atoms with van der Waals surface area (Å²) in [6, 6.07) is 13.1. The number of ether oxygens (including phenoxy) is 1. The lowest BCUT2D eigenvalue weighted by atomic mass is 10.2. The van der Waals surface area contributed by atoms with Gasteiger partial charge in [0.15, 0.2) is 0 Å². The number of nitrogens with zero attached hydrogens (tertiary/aromatic N) is 5. The predicted molar refractivity (Wildman–Crippen MR) is 74.8 cm³/mol. The maximum atomic E-state index is 8.91. The van der Waals surface area contributed by atoms with Crippen LogP contribution in [-0.4, -0.2) is 19.7 Å². The largest absolute Gasteiger partial charge is 0.402 e. The quantitative estimate of drug-likeness (QED) is 0.785. The van der Waals surface area contributed by atoms with Gasteiger partial charge in [-0.1, -0.05) is 18.2 Å². The molecule has 7 heteroatoms. The molecule has 0 amide bonds. The molecule has 102 valence electrons. The van der Waals surface area contributed by atoms with Gasteiger partial charge in [0.25, 0.3) is 0 Å². The molecular weight excluding hydrogens is 268 g/mol. The number of hydrogen-bond donors (Lipinski definition) is 1. The lowest BCUT2D eigenvalue weighted by Gasteiger charge is -2.04. The Morgan fingerprint density at radius 1 is 1.14 bits per heavy atom. The summed E-state index contributed by atoms with van der Waals surface area (Å²) in [6.07, 6.45) is 2.97. The van der Waals surface area contributed by atoms with Crippen LogP contribution in [0.3, 0.4) is 0 Å². The Balaban J connectivity index is 1.87. The van der Waals surface area contributed by atoms with E-state index in [4.69, 9.17) is 15.7 Å². The Morgan fingerprint density at radius 3 is 2.71 bits per heavy atom. The van der Waals surface area contributed by atoms with E-state index in [0.717, 1.165) is 5.69 Å². The maximum absolute atomic E-state index is 8.91. The first-order valence-electron chi connectivity index (χ1n) is 6.07. The van der Waals surface area contributed by atoms with E-state index in [-0.39, 0.29) is 17.6 Å². The van der Waals surface area contributed by atoms with E-state index in [2.05, 4.69) is 15.1 Å². The van der Waals surface area contributed by atoms with Crippen LogP contribution in [0.25, 0.3) is 5.69 Å². The van der Waals surface area contributed by atoms with Crippen LogP contribution in [0.5, 0.6) is 11.9 Å². The van der Waals surface area contributed by atoms with Crippen LogP contribution in [0.2, 0.25) is 0 Å². The van der Waals surface area contributed by atoms with Crippen molar-refractivity contribution in [2.75, 3.05) is 5.73 Å². The van der Waals surface area contributed by atoms with E-state index in [0.29, 0.717) is 5.56 Å². The summed E-state index contributed by atoms with van der Waals surface area (Å²) in [4.78, 5) is 8.01. The third kappa shape index (κ3) is 2.50. The topological polar surface area (TPSA) is 103 Å². The number of hydrogen-bond acceptors (Lipinski definition) is 6. The normalized spacial score (nSPS) is 10.0. The molecule has 0 unspecified atom stereocenters. The fourth-order valence-electron chi connectivity index (χ4n) is 1.72. The lowest BCUT2D eigenvalue weighted by Crippen LogP contribution is -1.99. The van der Waals surface area contributed by atoms with Crippen molar-refractivity contribution in [2.45, 2.75) is 0 Å². The van der Waals surface area contributed by atoms with Crippen LogP contribution >= 0.6 is 0 Å². The van der Waals surface area contributed by atoms with Crippen molar-refractivity contribution in [1.82, 2.24) is 19.7 Å². The number of nitriles is 1. The number of para-hydroxylation sites is 1. The highest BCUT2D eigenvalue weighted by Gasteiger charge is 2.11. The van der Waals surface area contributed by atoms with Crippen LogP contribution in [-0.2, 0) is 0 Å². The van der Waals surface area contributed by atoms with Crippen molar-refractivity contribution in [2.24, 2.45) is 0 Å². The summed E-state index contributed by atoms with van der Waals surface area (Å²) in [6.45, 7) is 0. The highest BCUT2D eigenvalue weighted by molar-refractivity contribution is 5.60. The van der Waals surface area contributed by atoms with E-state index in [9.17, 15) is 0 Å². The second kappa shape index (κ2) is 5.30. The number of rotatable bonds is 3. The molecule has 0 aliphatic rings. The Hall–Kier alpha value is -3.40. The number of nitrogens with two attached hydrogens (primary N) is 1. The number of nitrogen functional groups attached to an aromatic ring is 1. The molecule has 0 saturated carbocycles. The molecule has 2 aromatic heterocycles. The van der Waals surface area contributed by atoms with Crippen molar-refractivity contribution in [3.05, 3.63) is 54.5 Å². The molecule has 0 aliphatic heterocycles. The number of pyridine rings is 1. The summed E-state index contributed by atoms with van der Waals surface area (Å²) >= 11 is 0.